The first kappa shape index (κ1) is 20.9. The number of rotatable bonds is 7. The van der Waals surface area contributed by atoms with Crippen molar-refractivity contribution in [3.05, 3.63) is 65.3 Å². The first-order valence-corrected chi connectivity index (χ1v) is 10.7. The Labute approximate surface area is 174 Å². The maximum atomic E-state index is 12.7. The molecule has 1 amide bonds. The van der Waals surface area contributed by atoms with Crippen molar-refractivity contribution < 1.29 is 17.9 Å². The Morgan fingerprint density at radius 1 is 1.17 bits per heavy atom. The zero-order valence-electron chi connectivity index (χ0n) is 15.9. The van der Waals surface area contributed by atoms with Crippen LogP contribution in [0.1, 0.15) is 5.56 Å². The molecule has 3 aromatic rings. The van der Waals surface area contributed by atoms with E-state index in [-0.39, 0.29) is 11.7 Å². The summed E-state index contributed by atoms with van der Waals surface area (Å²) >= 11 is 6.05. The minimum Gasteiger partial charge on any atom is -0.497 e. The van der Waals surface area contributed by atoms with Crippen molar-refractivity contribution in [3.63, 3.8) is 0 Å². The molecule has 29 heavy (non-hydrogen) atoms. The highest BCUT2D eigenvalue weighted by Gasteiger charge is 2.25. The molecule has 0 spiro atoms. The summed E-state index contributed by atoms with van der Waals surface area (Å²) in [5.74, 6) is -0.637. The summed E-state index contributed by atoms with van der Waals surface area (Å²) < 4.78 is 32.0. The first-order valence-electron chi connectivity index (χ1n) is 8.71. The van der Waals surface area contributed by atoms with Crippen molar-refractivity contribution >= 4 is 27.3 Å². The van der Waals surface area contributed by atoms with E-state index in [9.17, 15) is 13.2 Å². The smallest absolute Gasteiger partial charge is 0.235 e. The van der Waals surface area contributed by atoms with E-state index in [0.29, 0.717) is 22.0 Å². The van der Waals surface area contributed by atoms with Crippen LogP contribution in [0.5, 0.6) is 5.75 Å². The summed E-state index contributed by atoms with van der Waals surface area (Å²) in [7, 11) is -0.754. The number of halogens is 1. The number of aromatic nitrogens is 2. The van der Waals surface area contributed by atoms with E-state index < -0.39 is 21.5 Å². The molecule has 1 N–H and O–H groups in total. The number of carbonyl (C=O) groups excluding carboxylic acids is 1. The predicted molar refractivity (Wildman–Crippen MR) is 111 cm³/mol. The molecule has 152 valence electrons. The number of benzene rings is 2. The number of ether oxygens (including phenoxy) is 1. The molecule has 2 aromatic carbocycles. The minimum atomic E-state index is -3.92. The molecule has 0 bridgehead atoms. The van der Waals surface area contributed by atoms with Gasteiger partial charge >= 0.3 is 0 Å². The Hall–Kier alpha value is -2.84. The average molecular weight is 434 g/mol. The molecule has 3 rings (SSSR count). The van der Waals surface area contributed by atoms with Gasteiger partial charge in [0.05, 0.1) is 19.0 Å². The van der Waals surface area contributed by atoms with Crippen LogP contribution in [-0.2, 0) is 28.2 Å². The largest absolute Gasteiger partial charge is 0.497 e. The van der Waals surface area contributed by atoms with Crippen LogP contribution in [0.25, 0.3) is 11.3 Å². The van der Waals surface area contributed by atoms with Crippen LogP contribution < -0.4 is 10.1 Å². The number of amides is 1. The number of nitrogens with zero attached hydrogens (tertiary/aromatic N) is 2. The Morgan fingerprint density at radius 3 is 2.52 bits per heavy atom. The number of imidazole rings is 1. The zero-order valence-corrected chi connectivity index (χ0v) is 17.5. The number of methoxy groups -OCH3 is 1. The molecular formula is C20H20ClN3O4S. The molecule has 1 heterocycles. The fourth-order valence-corrected chi connectivity index (χ4v) is 4.34. The van der Waals surface area contributed by atoms with E-state index in [4.69, 9.17) is 16.3 Å². The molecule has 0 saturated heterocycles. The van der Waals surface area contributed by atoms with Crippen molar-refractivity contribution in [1.82, 2.24) is 14.9 Å². The molecule has 9 heteroatoms. The van der Waals surface area contributed by atoms with E-state index in [1.807, 2.05) is 12.1 Å². The van der Waals surface area contributed by atoms with E-state index in [2.05, 4.69) is 10.3 Å². The molecular weight excluding hydrogens is 414 g/mol. The third-order valence-corrected chi connectivity index (χ3v) is 6.31. The average Bonchev–Trinajstić information content (AvgIpc) is 3.09. The standard InChI is InChI=1S/C20H20ClN3O4S/c1-24-18(14-7-9-16(28-2)10-8-14)12-23-20(24)29(26,27)13-19(25)22-11-15-5-3-4-6-17(15)21/h3-10,12H,11,13H2,1-2H3,(H,22,25). The van der Waals surface area contributed by atoms with Gasteiger partial charge in [0.15, 0.2) is 0 Å². The summed E-state index contributed by atoms with van der Waals surface area (Å²) in [6.07, 6.45) is 1.47. The van der Waals surface area contributed by atoms with Gasteiger partial charge in [-0.25, -0.2) is 13.4 Å². The van der Waals surface area contributed by atoms with Crippen LogP contribution in [0, 0.1) is 0 Å². The molecule has 0 aliphatic rings. The van der Waals surface area contributed by atoms with Gasteiger partial charge in [-0.1, -0.05) is 29.8 Å². The van der Waals surface area contributed by atoms with Crippen LogP contribution in [0.3, 0.4) is 0 Å². The van der Waals surface area contributed by atoms with Gasteiger partial charge in [-0.15, -0.1) is 0 Å². The Kier molecular flexibility index (Phi) is 6.24. The zero-order chi connectivity index (χ0) is 21.0. The summed E-state index contributed by atoms with van der Waals surface area (Å²) in [6.45, 7) is 0.145. The van der Waals surface area contributed by atoms with Crippen LogP contribution in [-0.4, -0.2) is 36.7 Å². The van der Waals surface area contributed by atoms with Gasteiger partial charge in [0.1, 0.15) is 11.5 Å². The maximum Gasteiger partial charge on any atom is 0.235 e. The van der Waals surface area contributed by atoms with Gasteiger partial charge in [-0.2, -0.15) is 0 Å². The summed E-state index contributed by atoms with van der Waals surface area (Å²) in [4.78, 5) is 16.2. The number of carbonyl (C=O) groups is 1. The quantitative estimate of drug-likeness (QED) is 0.618. The molecule has 0 saturated carbocycles. The van der Waals surface area contributed by atoms with Gasteiger partial charge < -0.3 is 14.6 Å². The van der Waals surface area contributed by atoms with E-state index in [0.717, 1.165) is 5.56 Å². The van der Waals surface area contributed by atoms with Gasteiger partial charge in [0.25, 0.3) is 0 Å². The molecule has 1 aromatic heterocycles. The molecule has 0 radical (unpaired) electrons. The molecule has 0 aliphatic carbocycles. The monoisotopic (exact) mass is 433 g/mol. The SMILES string of the molecule is COc1ccc(-c2cnc(S(=O)(=O)CC(=O)NCc3ccccc3Cl)n2C)cc1. The van der Waals surface area contributed by atoms with Crippen molar-refractivity contribution in [3.8, 4) is 17.0 Å². The number of hydrogen-bond acceptors (Lipinski definition) is 5. The second-order valence-corrected chi connectivity index (χ2v) is 8.63. The molecule has 0 atom stereocenters. The van der Waals surface area contributed by atoms with E-state index in [1.54, 1.807) is 50.6 Å². The van der Waals surface area contributed by atoms with Crippen LogP contribution in [0.2, 0.25) is 5.02 Å². The van der Waals surface area contributed by atoms with Crippen molar-refractivity contribution in [2.24, 2.45) is 7.05 Å². The summed E-state index contributed by atoms with van der Waals surface area (Å²) in [6, 6.07) is 14.2. The Bertz CT molecular complexity index is 1120. The number of hydrogen-bond donors (Lipinski definition) is 1. The van der Waals surface area contributed by atoms with Crippen LogP contribution in [0.15, 0.2) is 59.9 Å². The van der Waals surface area contributed by atoms with Crippen molar-refractivity contribution in [2.45, 2.75) is 11.7 Å². The highest BCUT2D eigenvalue weighted by Crippen LogP contribution is 2.24. The second-order valence-electron chi connectivity index (χ2n) is 6.34. The minimum absolute atomic E-state index is 0.145. The predicted octanol–water partition coefficient (Wildman–Crippen LogP) is 2.84. The fourth-order valence-electron chi connectivity index (χ4n) is 2.84. The van der Waals surface area contributed by atoms with Crippen LogP contribution in [0.4, 0.5) is 0 Å². The van der Waals surface area contributed by atoms with E-state index in [1.165, 1.54) is 10.8 Å². The first-order chi connectivity index (χ1) is 13.8. The third-order valence-electron chi connectivity index (χ3n) is 4.36. The van der Waals surface area contributed by atoms with Gasteiger partial charge in [-0.05, 0) is 35.9 Å². The third kappa shape index (κ3) is 4.78. The van der Waals surface area contributed by atoms with Gasteiger partial charge in [-0.3, -0.25) is 4.79 Å². The Morgan fingerprint density at radius 2 is 1.86 bits per heavy atom. The molecule has 0 aliphatic heterocycles. The van der Waals surface area contributed by atoms with Crippen LogP contribution >= 0.6 is 11.6 Å². The lowest BCUT2D eigenvalue weighted by Crippen LogP contribution is -2.31. The van der Waals surface area contributed by atoms with E-state index >= 15 is 0 Å². The topological polar surface area (TPSA) is 90.3 Å². The number of nitrogens with one attached hydrogen (secondary N) is 1. The summed E-state index contributed by atoms with van der Waals surface area (Å²) in [5, 5.41) is 2.92. The molecule has 0 fully saturated rings. The highest BCUT2D eigenvalue weighted by atomic mass is 35.5. The van der Waals surface area contributed by atoms with Crippen molar-refractivity contribution in [2.75, 3.05) is 12.9 Å². The summed E-state index contributed by atoms with van der Waals surface area (Å²) in [5.41, 5.74) is 2.10. The Balaban J connectivity index is 1.73. The lowest BCUT2D eigenvalue weighted by molar-refractivity contribution is -0.118. The van der Waals surface area contributed by atoms with Crippen molar-refractivity contribution in [1.29, 1.82) is 0 Å². The van der Waals surface area contributed by atoms with Gasteiger partial charge in [0, 0.05) is 24.2 Å². The second kappa shape index (κ2) is 8.67. The molecule has 7 nitrogen and oxygen atoms in total. The highest BCUT2D eigenvalue weighted by molar-refractivity contribution is 7.92. The fraction of sp³-hybridized carbons (Fsp3) is 0.200. The lowest BCUT2D eigenvalue weighted by atomic mass is 10.1. The molecule has 0 unspecified atom stereocenters. The number of sulfone groups is 1. The normalized spacial score (nSPS) is 11.3. The maximum absolute atomic E-state index is 12.7. The lowest BCUT2D eigenvalue weighted by Gasteiger charge is -2.09. The van der Waals surface area contributed by atoms with Gasteiger partial charge in [0.2, 0.25) is 20.9 Å².